The van der Waals surface area contributed by atoms with Gasteiger partial charge >= 0.3 is 0 Å². The summed E-state index contributed by atoms with van der Waals surface area (Å²) < 4.78 is 5.18. The first kappa shape index (κ1) is 14.9. The van der Waals surface area contributed by atoms with Gasteiger partial charge in [0.25, 0.3) is 0 Å². The number of aliphatic hydroxyl groups excluding tert-OH is 1. The second-order valence-electron chi connectivity index (χ2n) is 5.41. The molecule has 0 aromatic carbocycles. The molecule has 1 rings (SSSR count). The van der Waals surface area contributed by atoms with E-state index in [1.54, 1.807) is 7.11 Å². The number of methoxy groups -OCH3 is 1. The molecule has 1 fully saturated rings. The first-order valence-corrected chi connectivity index (χ1v) is 6.63. The number of nitrogens with zero attached hydrogens (tertiary/aromatic N) is 1. The number of rotatable bonds is 7. The molecule has 0 spiro atoms. The molecule has 102 valence electrons. The Morgan fingerprint density at radius 3 is 2.65 bits per heavy atom. The van der Waals surface area contributed by atoms with Crippen LogP contribution in [0, 0.1) is 0 Å². The molecule has 1 aliphatic carbocycles. The molecular formula is C13H28N2O2. The van der Waals surface area contributed by atoms with E-state index in [-0.39, 0.29) is 12.1 Å². The minimum absolute atomic E-state index is 0.0646. The second kappa shape index (κ2) is 6.69. The van der Waals surface area contributed by atoms with Gasteiger partial charge in [-0.3, -0.25) is 4.90 Å². The van der Waals surface area contributed by atoms with Gasteiger partial charge in [-0.1, -0.05) is 0 Å². The van der Waals surface area contributed by atoms with Gasteiger partial charge in [0.15, 0.2) is 0 Å². The highest BCUT2D eigenvalue weighted by molar-refractivity contribution is 4.99. The van der Waals surface area contributed by atoms with Gasteiger partial charge in [0.05, 0.1) is 13.2 Å². The van der Waals surface area contributed by atoms with Gasteiger partial charge < -0.3 is 15.2 Å². The van der Waals surface area contributed by atoms with Crippen molar-refractivity contribution in [1.29, 1.82) is 0 Å². The van der Waals surface area contributed by atoms with Gasteiger partial charge in [-0.15, -0.1) is 0 Å². The van der Waals surface area contributed by atoms with Gasteiger partial charge in [0.1, 0.15) is 0 Å². The standard InChI is InChI=1S/C13H28N2O2/c1-11(2)15(7-8-17-4)12-5-6-13(9-12,10-16)14-3/h11-12,14,16H,5-10H2,1-4H3. The van der Waals surface area contributed by atoms with Crippen LogP contribution in [0.1, 0.15) is 33.1 Å². The molecule has 2 unspecified atom stereocenters. The molecular weight excluding hydrogens is 216 g/mol. The van der Waals surface area contributed by atoms with E-state index in [2.05, 4.69) is 24.1 Å². The van der Waals surface area contributed by atoms with Gasteiger partial charge in [0.2, 0.25) is 0 Å². The van der Waals surface area contributed by atoms with E-state index in [4.69, 9.17) is 4.74 Å². The molecule has 4 nitrogen and oxygen atoms in total. The first-order valence-electron chi connectivity index (χ1n) is 6.63. The zero-order valence-corrected chi connectivity index (χ0v) is 11.7. The van der Waals surface area contributed by atoms with Crippen molar-refractivity contribution in [2.24, 2.45) is 0 Å². The van der Waals surface area contributed by atoms with Crippen LogP contribution in [0.25, 0.3) is 0 Å². The zero-order valence-electron chi connectivity index (χ0n) is 11.7. The maximum absolute atomic E-state index is 9.53. The van der Waals surface area contributed by atoms with Gasteiger partial charge in [-0.05, 0) is 40.2 Å². The molecule has 0 aromatic heterocycles. The molecule has 2 atom stereocenters. The van der Waals surface area contributed by atoms with Crippen molar-refractivity contribution in [1.82, 2.24) is 10.2 Å². The minimum Gasteiger partial charge on any atom is -0.394 e. The first-order chi connectivity index (χ1) is 8.08. The summed E-state index contributed by atoms with van der Waals surface area (Å²) in [5.41, 5.74) is -0.0646. The Hall–Kier alpha value is -0.160. The third kappa shape index (κ3) is 3.65. The van der Waals surface area contributed by atoms with Crippen molar-refractivity contribution >= 4 is 0 Å². The average Bonchev–Trinajstić information content (AvgIpc) is 2.74. The second-order valence-corrected chi connectivity index (χ2v) is 5.41. The topological polar surface area (TPSA) is 44.7 Å². The third-order valence-electron chi connectivity index (χ3n) is 4.10. The monoisotopic (exact) mass is 244 g/mol. The van der Waals surface area contributed by atoms with E-state index in [0.29, 0.717) is 12.1 Å². The van der Waals surface area contributed by atoms with E-state index in [0.717, 1.165) is 32.4 Å². The molecule has 1 saturated carbocycles. The van der Waals surface area contributed by atoms with Crippen LogP contribution in [0.2, 0.25) is 0 Å². The van der Waals surface area contributed by atoms with Crippen molar-refractivity contribution in [3.05, 3.63) is 0 Å². The largest absolute Gasteiger partial charge is 0.394 e. The van der Waals surface area contributed by atoms with Crippen LogP contribution in [-0.2, 0) is 4.74 Å². The predicted molar refractivity (Wildman–Crippen MR) is 70.2 cm³/mol. The van der Waals surface area contributed by atoms with Crippen LogP contribution < -0.4 is 5.32 Å². The molecule has 0 aliphatic heterocycles. The van der Waals surface area contributed by atoms with Gasteiger partial charge in [-0.25, -0.2) is 0 Å². The van der Waals surface area contributed by atoms with Crippen molar-refractivity contribution < 1.29 is 9.84 Å². The molecule has 0 heterocycles. The maximum atomic E-state index is 9.53. The SMILES string of the molecule is CNC1(CO)CCC(N(CCOC)C(C)C)C1. The molecule has 0 aromatic rings. The fourth-order valence-electron chi connectivity index (χ4n) is 2.89. The third-order valence-corrected chi connectivity index (χ3v) is 4.10. The van der Waals surface area contributed by atoms with Gasteiger partial charge in [-0.2, -0.15) is 0 Å². The lowest BCUT2D eigenvalue weighted by molar-refractivity contribution is 0.0888. The molecule has 0 saturated heterocycles. The molecule has 17 heavy (non-hydrogen) atoms. The Bertz CT molecular complexity index is 217. The lowest BCUT2D eigenvalue weighted by Gasteiger charge is -2.34. The van der Waals surface area contributed by atoms with Crippen LogP contribution in [0.15, 0.2) is 0 Å². The summed E-state index contributed by atoms with van der Waals surface area (Å²) in [6.07, 6.45) is 3.24. The Kier molecular flexibility index (Phi) is 5.86. The summed E-state index contributed by atoms with van der Waals surface area (Å²) in [6, 6.07) is 1.09. The average molecular weight is 244 g/mol. The lowest BCUT2D eigenvalue weighted by atomic mass is 9.98. The summed E-state index contributed by atoms with van der Waals surface area (Å²) in [4.78, 5) is 2.50. The summed E-state index contributed by atoms with van der Waals surface area (Å²) in [6.45, 7) is 6.45. The molecule has 0 radical (unpaired) electrons. The Morgan fingerprint density at radius 2 is 2.24 bits per heavy atom. The van der Waals surface area contributed by atoms with Crippen molar-refractivity contribution in [2.75, 3.05) is 33.9 Å². The zero-order chi connectivity index (χ0) is 12.9. The summed E-state index contributed by atoms with van der Waals surface area (Å²) >= 11 is 0. The number of aliphatic hydroxyl groups is 1. The van der Waals surface area contributed by atoms with E-state index >= 15 is 0 Å². The van der Waals surface area contributed by atoms with E-state index in [1.807, 2.05) is 7.05 Å². The minimum atomic E-state index is -0.0646. The quantitative estimate of drug-likeness (QED) is 0.697. The van der Waals surface area contributed by atoms with Crippen LogP contribution in [0.5, 0.6) is 0 Å². The van der Waals surface area contributed by atoms with E-state index in [9.17, 15) is 5.11 Å². The fraction of sp³-hybridized carbons (Fsp3) is 1.00. The summed E-state index contributed by atoms with van der Waals surface area (Å²) in [5.74, 6) is 0. The predicted octanol–water partition coefficient (Wildman–Crippen LogP) is 0.846. The Balaban J connectivity index is 2.59. The highest BCUT2D eigenvalue weighted by Crippen LogP contribution is 2.33. The fourth-order valence-corrected chi connectivity index (χ4v) is 2.89. The molecule has 0 amide bonds. The molecule has 0 bridgehead atoms. The van der Waals surface area contributed by atoms with Crippen LogP contribution >= 0.6 is 0 Å². The number of likely N-dealkylation sites (N-methyl/N-ethyl adjacent to an activating group) is 1. The van der Waals surface area contributed by atoms with Crippen LogP contribution in [0.4, 0.5) is 0 Å². The normalized spacial score (nSPS) is 29.5. The Morgan fingerprint density at radius 1 is 1.53 bits per heavy atom. The number of hydrogen-bond donors (Lipinski definition) is 2. The lowest BCUT2D eigenvalue weighted by Crippen LogP contribution is -2.47. The molecule has 2 N–H and O–H groups in total. The highest BCUT2D eigenvalue weighted by atomic mass is 16.5. The molecule has 4 heteroatoms. The van der Waals surface area contributed by atoms with Gasteiger partial charge in [0, 0.05) is 31.3 Å². The van der Waals surface area contributed by atoms with E-state index < -0.39 is 0 Å². The smallest absolute Gasteiger partial charge is 0.0613 e. The van der Waals surface area contributed by atoms with Crippen LogP contribution in [-0.4, -0.2) is 61.5 Å². The van der Waals surface area contributed by atoms with Crippen molar-refractivity contribution in [3.63, 3.8) is 0 Å². The maximum Gasteiger partial charge on any atom is 0.0613 e. The van der Waals surface area contributed by atoms with E-state index in [1.165, 1.54) is 0 Å². The van der Waals surface area contributed by atoms with Crippen molar-refractivity contribution in [2.45, 2.75) is 50.7 Å². The number of hydrogen-bond acceptors (Lipinski definition) is 4. The summed E-state index contributed by atoms with van der Waals surface area (Å²) in [7, 11) is 3.70. The Labute approximate surface area is 105 Å². The van der Waals surface area contributed by atoms with Crippen LogP contribution in [0.3, 0.4) is 0 Å². The van der Waals surface area contributed by atoms with Crippen molar-refractivity contribution in [3.8, 4) is 0 Å². The number of ether oxygens (including phenoxy) is 1. The summed E-state index contributed by atoms with van der Waals surface area (Å²) in [5, 5.41) is 12.8. The number of nitrogens with one attached hydrogen (secondary N) is 1. The molecule has 1 aliphatic rings. The highest BCUT2D eigenvalue weighted by Gasteiger charge is 2.40.